The zero-order valence-corrected chi connectivity index (χ0v) is 8.94. The molecule has 0 aliphatic rings. The maximum Gasteiger partial charge on any atom is 1.00 e. The van der Waals surface area contributed by atoms with Crippen LogP contribution in [0, 0.1) is 6.07 Å². The molecule has 0 amide bonds. The van der Waals surface area contributed by atoms with Gasteiger partial charge in [-0.1, -0.05) is 47.2 Å². The van der Waals surface area contributed by atoms with Crippen molar-refractivity contribution in [3.8, 4) is 0 Å². The van der Waals surface area contributed by atoms with Crippen LogP contribution in [0.15, 0.2) is 54.6 Å². The molecule has 3 aromatic carbocycles. The van der Waals surface area contributed by atoms with Gasteiger partial charge in [0.05, 0.1) is 0 Å². The Morgan fingerprint density at radius 3 is 2.27 bits per heavy atom. The molecule has 3 aromatic rings. The van der Waals surface area contributed by atoms with Gasteiger partial charge in [0.1, 0.15) is 0 Å². The zero-order valence-electron chi connectivity index (χ0n) is 8.00. The monoisotopic (exact) mass is 240 g/mol. The van der Waals surface area contributed by atoms with E-state index in [2.05, 4.69) is 54.6 Å². The number of benzene rings is 3. The van der Waals surface area contributed by atoms with Gasteiger partial charge in [0, 0.05) is 0 Å². The fourth-order valence-electron chi connectivity index (χ4n) is 1.87. The Kier molecular flexibility index (Phi) is 2.77. The molecule has 0 bridgehead atoms. The Morgan fingerprint density at radius 1 is 0.733 bits per heavy atom. The molecule has 0 heterocycles. The molecule has 0 spiro atoms. The molecule has 0 fully saturated rings. The molecule has 3 rings (SSSR count). The molecule has 0 unspecified atom stereocenters. The van der Waals surface area contributed by atoms with Crippen LogP contribution < -0.4 is 0 Å². The first-order valence-corrected chi connectivity index (χ1v) is 4.73. The summed E-state index contributed by atoms with van der Waals surface area (Å²) < 4.78 is 0. The molecule has 0 radical (unpaired) electrons. The zero-order chi connectivity index (χ0) is 9.38. The molecule has 0 aliphatic heterocycles. The number of hydrogen-bond acceptors (Lipinski definition) is 0. The molecule has 1 heteroatoms. The van der Waals surface area contributed by atoms with E-state index in [0.29, 0.717) is 0 Å². The maximum absolute atomic E-state index is 3.29. The van der Waals surface area contributed by atoms with Gasteiger partial charge in [0.2, 0.25) is 0 Å². The molecule has 0 N–H and O–H groups in total. The number of rotatable bonds is 0. The molecule has 15 heavy (non-hydrogen) atoms. The second-order valence-corrected chi connectivity index (χ2v) is 3.42. The van der Waals surface area contributed by atoms with Crippen molar-refractivity contribution < 1.29 is 17.1 Å². The van der Waals surface area contributed by atoms with Crippen molar-refractivity contribution in [2.45, 2.75) is 0 Å². The summed E-state index contributed by atoms with van der Waals surface area (Å²) in [4.78, 5) is 0. The van der Waals surface area contributed by atoms with E-state index in [4.69, 9.17) is 0 Å². The SMILES string of the molecule is [Cu+].[c-]1cc2ccccc2c2ccccc12. The molecule has 0 aromatic heterocycles. The predicted molar refractivity (Wildman–Crippen MR) is 60.3 cm³/mol. The van der Waals surface area contributed by atoms with E-state index in [1.54, 1.807) is 0 Å². The average Bonchev–Trinajstić information content (AvgIpc) is 2.29. The molecular formula is C14H9Cu. The quantitative estimate of drug-likeness (QED) is 0.319. The Hall–Kier alpha value is -1.30. The van der Waals surface area contributed by atoms with E-state index in [9.17, 15) is 0 Å². The van der Waals surface area contributed by atoms with Gasteiger partial charge in [-0.15, -0.1) is 35.0 Å². The minimum absolute atomic E-state index is 0. The number of fused-ring (bicyclic) bond motifs is 3. The summed E-state index contributed by atoms with van der Waals surface area (Å²) in [6.07, 6.45) is 0. The third kappa shape index (κ3) is 1.65. The topological polar surface area (TPSA) is 0 Å². The fraction of sp³-hybridized carbons (Fsp3) is 0. The van der Waals surface area contributed by atoms with E-state index in [0.717, 1.165) is 0 Å². The summed E-state index contributed by atoms with van der Waals surface area (Å²) in [6, 6.07) is 22.1. The normalized spacial score (nSPS) is 10.1. The summed E-state index contributed by atoms with van der Waals surface area (Å²) in [5.41, 5.74) is 0. The largest absolute Gasteiger partial charge is 1.00 e. The minimum Gasteiger partial charge on any atom is -0.143 e. The van der Waals surface area contributed by atoms with Crippen molar-refractivity contribution in [1.29, 1.82) is 0 Å². The fourth-order valence-corrected chi connectivity index (χ4v) is 1.87. The van der Waals surface area contributed by atoms with Crippen molar-refractivity contribution in [3.63, 3.8) is 0 Å². The Labute approximate surface area is 99.4 Å². The van der Waals surface area contributed by atoms with E-state index in [-0.39, 0.29) is 17.1 Å². The standard InChI is InChI=1S/C14H9.Cu/c1-3-7-13-11(5-1)9-10-12-6-2-4-8-14(12)13;/h1-9H;/q-1;+1. The second-order valence-electron chi connectivity index (χ2n) is 3.42. The second kappa shape index (κ2) is 4.06. The summed E-state index contributed by atoms with van der Waals surface area (Å²) in [5.74, 6) is 0. The van der Waals surface area contributed by atoms with E-state index in [1.165, 1.54) is 21.5 Å². The average molecular weight is 241 g/mol. The Morgan fingerprint density at radius 2 is 1.40 bits per heavy atom. The smallest absolute Gasteiger partial charge is 0.143 e. The molecule has 0 aliphatic carbocycles. The van der Waals surface area contributed by atoms with Gasteiger partial charge in [-0.3, -0.25) is 0 Å². The van der Waals surface area contributed by atoms with Crippen LogP contribution in [0.5, 0.6) is 0 Å². The summed E-state index contributed by atoms with van der Waals surface area (Å²) in [5, 5.41) is 5.03. The van der Waals surface area contributed by atoms with E-state index >= 15 is 0 Å². The predicted octanol–water partition coefficient (Wildman–Crippen LogP) is 3.79. The number of hydrogen-bond donors (Lipinski definition) is 0. The Balaban J connectivity index is 0.000000853. The molecule has 0 saturated carbocycles. The third-order valence-electron chi connectivity index (χ3n) is 2.56. The molecular weight excluding hydrogens is 232 g/mol. The van der Waals surface area contributed by atoms with Gasteiger partial charge in [-0.05, 0) is 0 Å². The van der Waals surface area contributed by atoms with Gasteiger partial charge in [0.25, 0.3) is 0 Å². The molecule has 76 valence electrons. The minimum atomic E-state index is 0. The summed E-state index contributed by atoms with van der Waals surface area (Å²) >= 11 is 0. The van der Waals surface area contributed by atoms with E-state index in [1.807, 2.05) is 6.07 Å². The van der Waals surface area contributed by atoms with Crippen molar-refractivity contribution >= 4 is 21.5 Å². The van der Waals surface area contributed by atoms with Crippen LogP contribution in [-0.2, 0) is 17.1 Å². The molecule has 0 nitrogen and oxygen atoms in total. The van der Waals surface area contributed by atoms with Crippen molar-refractivity contribution in [2.24, 2.45) is 0 Å². The van der Waals surface area contributed by atoms with Crippen LogP contribution in [0.3, 0.4) is 0 Å². The first-order valence-electron chi connectivity index (χ1n) is 4.73. The van der Waals surface area contributed by atoms with Gasteiger partial charge in [-0.25, -0.2) is 0 Å². The summed E-state index contributed by atoms with van der Waals surface area (Å²) in [7, 11) is 0. The first-order chi connectivity index (χ1) is 6.95. The van der Waals surface area contributed by atoms with Gasteiger partial charge >= 0.3 is 17.1 Å². The Bertz CT molecular complexity index is 544. The maximum atomic E-state index is 3.29. The van der Waals surface area contributed by atoms with Crippen LogP contribution in [-0.4, -0.2) is 0 Å². The van der Waals surface area contributed by atoms with Crippen molar-refractivity contribution in [3.05, 3.63) is 60.7 Å². The van der Waals surface area contributed by atoms with Crippen LogP contribution >= 0.6 is 0 Å². The van der Waals surface area contributed by atoms with Crippen LogP contribution in [0.25, 0.3) is 21.5 Å². The van der Waals surface area contributed by atoms with Gasteiger partial charge in [-0.2, -0.15) is 0 Å². The summed E-state index contributed by atoms with van der Waals surface area (Å²) in [6.45, 7) is 0. The van der Waals surface area contributed by atoms with E-state index < -0.39 is 0 Å². The van der Waals surface area contributed by atoms with Gasteiger partial charge in [0.15, 0.2) is 0 Å². The van der Waals surface area contributed by atoms with Crippen molar-refractivity contribution in [2.75, 3.05) is 0 Å². The van der Waals surface area contributed by atoms with Crippen LogP contribution in [0.1, 0.15) is 0 Å². The van der Waals surface area contributed by atoms with Crippen molar-refractivity contribution in [1.82, 2.24) is 0 Å². The van der Waals surface area contributed by atoms with Crippen LogP contribution in [0.4, 0.5) is 0 Å². The van der Waals surface area contributed by atoms with Gasteiger partial charge < -0.3 is 0 Å². The first kappa shape index (κ1) is 10.2. The van der Waals surface area contributed by atoms with Crippen LogP contribution in [0.2, 0.25) is 0 Å². The molecule has 0 atom stereocenters. The third-order valence-corrected chi connectivity index (χ3v) is 2.56. The molecule has 0 saturated heterocycles.